The first kappa shape index (κ1) is 13.6. The third-order valence-electron chi connectivity index (χ3n) is 4.01. The Balaban J connectivity index is 2.41. The molecule has 0 saturated heterocycles. The highest BCUT2D eigenvalue weighted by Crippen LogP contribution is 2.37. The highest BCUT2D eigenvalue weighted by Gasteiger charge is 2.31. The summed E-state index contributed by atoms with van der Waals surface area (Å²) in [4.78, 5) is 2.50. The molecule has 18 heavy (non-hydrogen) atoms. The molecule has 0 bridgehead atoms. The Morgan fingerprint density at radius 2 is 2.00 bits per heavy atom. The maximum absolute atomic E-state index is 5.99. The van der Waals surface area contributed by atoms with Crippen LogP contribution in [0.1, 0.15) is 57.4 Å². The fourth-order valence-corrected chi connectivity index (χ4v) is 2.81. The van der Waals surface area contributed by atoms with Crippen LogP contribution in [0.4, 0.5) is 0 Å². The van der Waals surface area contributed by atoms with Gasteiger partial charge in [-0.3, -0.25) is 4.90 Å². The summed E-state index contributed by atoms with van der Waals surface area (Å²) in [6.07, 6.45) is 0. The fraction of sp³-hybridized carbons (Fsp3) is 0.625. The van der Waals surface area contributed by atoms with Crippen molar-refractivity contribution in [2.24, 2.45) is 5.73 Å². The molecule has 0 aliphatic carbocycles. The molecule has 1 heterocycles. The Morgan fingerprint density at radius 3 is 2.50 bits per heavy atom. The second-order valence-corrected chi connectivity index (χ2v) is 6.68. The van der Waals surface area contributed by atoms with E-state index in [4.69, 9.17) is 5.73 Å². The minimum absolute atomic E-state index is 0.208. The summed E-state index contributed by atoms with van der Waals surface area (Å²) >= 11 is 0. The van der Waals surface area contributed by atoms with Gasteiger partial charge in [0, 0.05) is 25.2 Å². The summed E-state index contributed by atoms with van der Waals surface area (Å²) in [6.45, 7) is 13.0. The van der Waals surface area contributed by atoms with Gasteiger partial charge in [0.2, 0.25) is 0 Å². The molecular formula is C16H26N2. The first-order chi connectivity index (χ1) is 8.34. The summed E-state index contributed by atoms with van der Waals surface area (Å²) in [5.41, 5.74) is 10.5. The van der Waals surface area contributed by atoms with E-state index in [1.807, 2.05) is 0 Å². The Bertz CT molecular complexity index is 429. The summed E-state index contributed by atoms with van der Waals surface area (Å²) in [5, 5.41) is 0. The van der Waals surface area contributed by atoms with Crippen LogP contribution in [0, 0.1) is 0 Å². The lowest BCUT2D eigenvalue weighted by Gasteiger charge is -2.28. The van der Waals surface area contributed by atoms with Gasteiger partial charge < -0.3 is 5.73 Å². The molecule has 0 radical (unpaired) electrons. The van der Waals surface area contributed by atoms with Crippen LogP contribution in [0.3, 0.4) is 0 Å². The summed E-state index contributed by atoms with van der Waals surface area (Å²) < 4.78 is 0. The zero-order valence-corrected chi connectivity index (χ0v) is 12.3. The van der Waals surface area contributed by atoms with Gasteiger partial charge in [0.15, 0.2) is 0 Å². The van der Waals surface area contributed by atoms with Crippen molar-refractivity contribution in [2.45, 2.75) is 58.7 Å². The Morgan fingerprint density at radius 1 is 1.33 bits per heavy atom. The molecule has 2 nitrogen and oxygen atoms in total. The summed E-state index contributed by atoms with van der Waals surface area (Å²) in [5.74, 6) is 0. The number of hydrogen-bond donors (Lipinski definition) is 1. The van der Waals surface area contributed by atoms with Crippen LogP contribution < -0.4 is 5.73 Å². The van der Waals surface area contributed by atoms with Crippen LogP contribution in [0.25, 0.3) is 0 Å². The van der Waals surface area contributed by atoms with Crippen molar-refractivity contribution in [1.29, 1.82) is 0 Å². The second kappa shape index (κ2) is 4.67. The van der Waals surface area contributed by atoms with E-state index in [0.29, 0.717) is 18.6 Å². The first-order valence-corrected chi connectivity index (χ1v) is 6.93. The van der Waals surface area contributed by atoms with Crippen LogP contribution in [0.2, 0.25) is 0 Å². The molecule has 1 aliphatic heterocycles. The maximum Gasteiger partial charge on any atom is 0.0480 e. The van der Waals surface area contributed by atoms with E-state index in [2.05, 4.69) is 57.7 Å². The first-order valence-electron chi connectivity index (χ1n) is 6.93. The number of rotatable bonds is 2. The molecule has 0 fully saturated rings. The van der Waals surface area contributed by atoms with E-state index in [-0.39, 0.29) is 5.41 Å². The molecule has 1 atom stereocenters. The molecular weight excluding hydrogens is 220 g/mol. The molecule has 1 unspecified atom stereocenters. The average molecular weight is 246 g/mol. The van der Waals surface area contributed by atoms with E-state index >= 15 is 0 Å². The van der Waals surface area contributed by atoms with Gasteiger partial charge in [-0.25, -0.2) is 0 Å². The van der Waals surface area contributed by atoms with E-state index in [1.54, 1.807) is 0 Å². The number of benzene rings is 1. The highest BCUT2D eigenvalue weighted by molar-refractivity contribution is 5.40. The minimum Gasteiger partial charge on any atom is -0.329 e. The van der Waals surface area contributed by atoms with Crippen molar-refractivity contribution < 1.29 is 0 Å². The Hall–Kier alpha value is -0.860. The van der Waals surface area contributed by atoms with Crippen LogP contribution in [0.15, 0.2) is 18.2 Å². The SMILES string of the molecule is CC(C)N1Cc2ccc(C(C)(C)C)cc2C1CN. The van der Waals surface area contributed by atoms with Crippen molar-refractivity contribution in [3.63, 3.8) is 0 Å². The third kappa shape index (κ3) is 2.32. The van der Waals surface area contributed by atoms with Gasteiger partial charge >= 0.3 is 0 Å². The largest absolute Gasteiger partial charge is 0.329 e. The van der Waals surface area contributed by atoms with Gasteiger partial charge in [-0.05, 0) is 36.0 Å². The molecule has 0 spiro atoms. The minimum atomic E-state index is 0.208. The lowest BCUT2D eigenvalue weighted by atomic mass is 9.85. The van der Waals surface area contributed by atoms with Gasteiger partial charge in [-0.1, -0.05) is 39.0 Å². The number of fused-ring (bicyclic) bond motifs is 1. The molecule has 0 amide bonds. The normalized spacial score (nSPS) is 20.5. The fourth-order valence-electron chi connectivity index (χ4n) is 2.81. The average Bonchev–Trinajstić information content (AvgIpc) is 2.65. The standard InChI is InChI=1S/C16H26N2/c1-11(2)18-10-12-6-7-13(16(3,4)5)8-14(12)15(18)9-17/h6-8,11,15H,9-10,17H2,1-5H3. The van der Waals surface area contributed by atoms with E-state index in [0.717, 1.165) is 6.54 Å². The van der Waals surface area contributed by atoms with Crippen LogP contribution >= 0.6 is 0 Å². The van der Waals surface area contributed by atoms with Crippen molar-refractivity contribution in [2.75, 3.05) is 6.54 Å². The van der Waals surface area contributed by atoms with E-state index in [1.165, 1.54) is 16.7 Å². The quantitative estimate of drug-likeness (QED) is 0.868. The predicted molar refractivity (Wildman–Crippen MR) is 77.6 cm³/mol. The smallest absolute Gasteiger partial charge is 0.0480 e. The molecule has 100 valence electrons. The van der Waals surface area contributed by atoms with Crippen molar-refractivity contribution in [3.8, 4) is 0 Å². The lowest BCUT2D eigenvalue weighted by molar-refractivity contribution is 0.172. The van der Waals surface area contributed by atoms with Gasteiger partial charge in [-0.2, -0.15) is 0 Å². The molecule has 2 N–H and O–H groups in total. The van der Waals surface area contributed by atoms with Crippen LogP contribution in [0.5, 0.6) is 0 Å². The van der Waals surface area contributed by atoms with Gasteiger partial charge in [-0.15, -0.1) is 0 Å². The number of nitrogens with two attached hydrogens (primary N) is 1. The molecule has 2 rings (SSSR count). The zero-order valence-electron chi connectivity index (χ0n) is 12.3. The molecule has 1 aliphatic rings. The number of hydrogen-bond acceptors (Lipinski definition) is 2. The predicted octanol–water partition coefficient (Wildman–Crippen LogP) is 3.21. The van der Waals surface area contributed by atoms with E-state index in [9.17, 15) is 0 Å². The van der Waals surface area contributed by atoms with Crippen molar-refractivity contribution in [1.82, 2.24) is 4.90 Å². The Kier molecular flexibility index (Phi) is 3.52. The van der Waals surface area contributed by atoms with Crippen molar-refractivity contribution in [3.05, 3.63) is 34.9 Å². The lowest BCUT2D eigenvalue weighted by Crippen LogP contribution is -2.33. The van der Waals surface area contributed by atoms with Gasteiger partial charge in [0.1, 0.15) is 0 Å². The number of nitrogens with zero attached hydrogens (tertiary/aromatic N) is 1. The summed E-state index contributed by atoms with van der Waals surface area (Å²) in [7, 11) is 0. The third-order valence-corrected chi connectivity index (χ3v) is 4.01. The topological polar surface area (TPSA) is 29.3 Å². The Labute approximate surface area is 111 Å². The molecule has 2 heteroatoms. The van der Waals surface area contributed by atoms with Crippen LogP contribution in [-0.4, -0.2) is 17.5 Å². The monoisotopic (exact) mass is 246 g/mol. The zero-order chi connectivity index (χ0) is 13.5. The molecule has 0 saturated carbocycles. The highest BCUT2D eigenvalue weighted by atomic mass is 15.2. The second-order valence-electron chi connectivity index (χ2n) is 6.68. The van der Waals surface area contributed by atoms with Gasteiger partial charge in [0.25, 0.3) is 0 Å². The van der Waals surface area contributed by atoms with Crippen molar-refractivity contribution >= 4 is 0 Å². The summed E-state index contributed by atoms with van der Waals surface area (Å²) in [6, 6.07) is 7.87. The van der Waals surface area contributed by atoms with Gasteiger partial charge in [0.05, 0.1) is 0 Å². The maximum atomic E-state index is 5.99. The molecule has 1 aromatic rings. The molecule has 1 aromatic carbocycles. The van der Waals surface area contributed by atoms with Crippen LogP contribution in [-0.2, 0) is 12.0 Å². The van der Waals surface area contributed by atoms with E-state index < -0.39 is 0 Å². The molecule has 0 aromatic heterocycles.